The minimum atomic E-state index is -1.78. The van der Waals surface area contributed by atoms with Crippen molar-refractivity contribution >= 4 is 22.4 Å². The maximum Gasteiger partial charge on any atom is 0.222 e. The van der Waals surface area contributed by atoms with Crippen LogP contribution in [-0.4, -0.2) is 87.1 Å². The summed E-state index contributed by atoms with van der Waals surface area (Å²) in [6, 6.07) is 3.27. The third-order valence-corrected chi connectivity index (χ3v) is 9.53. The smallest absolute Gasteiger partial charge is 0.222 e. The number of hydrogen-bond acceptors (Lipinski definition) is 11. The normalized spacial score (nSPS) is 27.7. The standard InChI is InChI=1S/C32H40N2O10/c1-17-10-23(36)21-11-19-12-26(44-41-16-25(38)29(40)28(39)24(37)15-35)32(2,20-6-4-3-5-7-20)43-30(19)27(31(21)42-17)34-13-18-8-9-33-22(18)14-34/h8-11,13,20,24-26,28-29,35,37-40H,3-7,12,14-16H2,1-2H3/p+1/t24-,25+,26-,28-,29-,32-/m1/s1. The Labute approximate surface area is 254 Å². The van der Waals surface area contributed by atoms with Gasteiger partial charge in [-0.25, -0.2) is 9.78 Å². The molecule has 1 fully saturated rings. The SMILES string of the molecule is Cc1cc(=O)c2cc3c(c([NH+]4C=C5C=CN=C5C4)c2o1)O[C@](C)(C1CCCCC1)[C@H](OOC[C@H](O)[C@@H](O)[C@H](O)[C@H](O)CO)C3. The molecule has 6 rings (SSSR count). The fraction of sp³-hybridized carbons (Fsp3) is 0.562. The molecule has 2 aromatic rings. The summed E-state index contributed by atoms with van der Waals surface area (Å²) in [7, 11) is 0. The topological polar surface area (TPSA) is 176 Å². The second-order valence-electron chi connectivity index (χ2n) is 12.5. The maximum atomic E-state index is 13.2. The number of quaternary nitrogens is 1. The van der Waals surface area contributed by atoms with E-state index in [1.54, 1.807) is 19.2 Å². The Hall–Kier alpha value is -2.94. The van der Waals surface area contributed by atoms with Crippen LogP contribution in [0.3, 0.4) is 0 Å². The molecule has 0 bridgehead atoms. The highest BCUT2D eigenvalue weighted by atomic mass is 17.2. The van der Waals surface area contributed by atoms with E-state index in [1.807, 2.05) is 13.0 Å². The predicted octanol–water partition coefficient (Wildman–Crippen LogP) is 0.510. The van der Waals surface area contributed by atoms with Gasteiger partial charge in [0.2, 0.25) is 11.3 Å². The molecule has 1 aliphatic carbocycles. The van der Waals surface area contributed by atoms with E-state index in [9.17, 15) is 25.2 Å². The third-order valence-electron chi connectivity index (χ3n) is 9.53. The van der Waals surface area contributed by atoms with Crippen LogP contribution in [0.5, 0.6) is 5.75 Å². The van der Waals surface area contributed by atoms with Crippen molar-refractivity contribution in [1.29, 1.82) is 0 Å². The van der Waals surface area contributed by atoms with Crippen LogP contribution in [0.15, 0.2) is 50.4 Å². The average molecular weight is 614 g/mol. The maximum absolute atomic E-state index is 13.2. The molecule has 0 saturated heterocycles. The van der Waals surface area contributed by atoms with Crippen LogP contribution in [0.4, 0.5) is 5.69 Å². The monoisotopic (exact) mass is 613 g/mol. The van der Waals surface area contributed by atoms with Crippen molar-refractivity contribution in [2.75, 3.05) is 19.8 Å². The number of aliphatic imine (C=N–C) groups is 1. The number of aliphatic hydroxyl groups excluding tert-OH is 5. The molecular weight excluding hydrogens is 572 g/mol. The Morgan fingerprint density at radius 3 is 2.59 bits per heavy atom. The molecule has 6 N–H and O–H groups in total. The first-order chi connectivity index (χ1) is 21.1. The molecule has 4 aliphatic rings. The quantitative estimate of drug-likeness (QED) is 0.164. The Kier molecular flexibility index (Phi) is 8.79. The zero-order chi connectivity index (χ0) is 31.2. The zero-order valence-electron chi connectivity index (χ0n) is 24.9. The van der Waals surface area contributed by atoms with Crippen LogP contribution < -0.4 is 15.1 Å². The van der Waals surface area contributed by atoms with Crippen LogP contribution in [-0.2, 0) is 16.2 Å². The van der Waals surface area contributed by atoms with Gasteiger partial charge in [-0.2, -0.15) is 0 Å². The number of benzene rings is 1. The van der Waals surface area contributed by atoms with Gasteiger partial charge in [-0.3, -0.25) is 14.7 Å². The van der Waals surface area contributed by atoms with Crippen LogP contribution in [0.25, 0.3) is 11.0 Å². The highest BCUT2D eigenvalue weighted by Gasteiger charge is 2.51. The third kappa shape index (κ3) is 5.65. The van der Waals surface area contributed by atoms with E-state index < -0.39 is 49.3 Å². The van der Waals surface area contributed by atoms with Crippen molar-refractivity contribution < 1.29 is 49.4 Å². The average Bonchev–Trinajstić information content (AvgIpc) is 3.62. The lowest BCUT2D eigenvalue weighted by Gasteiger charge is -2.47. The summed E-state index contributed by atoms with van der Waals surface area (Å²) < 4.78 is 13.2. The molecule has 0 amide bonds. The lowest BCUT2D eigenvalue weighted by molar-refractivity contribution is -0.759. The minimum absolute atomic E-state index is 0.127. The number of ether oxygens (including phenoxy) is 1. The molecule has 0 radical (unpaired) electrons. The van der Waals surface area contributed by atoms with Crippen LogP contribution in [0.2, 0.25) is 0 Å². The van der Waals surface area contributed by atoms with Gasteiger partial charge >= 0.3 is 0 Å². The van der Waals surface area contributed by atoms with Gasteiger partial charge in [-0.15, -0.1) is 0 Å². The summed E-state index contributed by atoms with van der Waals surface area (Å²) in [4.78, 5) is 30.1. The van der Waals surface area contributed by atoms with Gasteiger partial charge in [-0.1, -0.05) is 19.3 Å². The van der Waals surface area contributed by atoms with Gasteiger partial charge in [-0.05, 0) is 38.8 Å². The predicted molar refractivity (Wildman–Crippen MR) is 159 cm³/mol. The number of aliphatic hydroxyl groups is 5. The summed E-state index contributed by atoms with van der Waals surface area (Å²) >= 11 is 0. The molecule has 3 aliphatic heterocycles. The summed E-state index contributed by atoms with van der Waals surface area (Å²) in [6.45, 7) is 3.05. The molecule has 1 aromatic heterocycles. The molecule has 1 saturated carbocycles. The minimum Gasteiger partial charge on any atom is -0.478 e. The fourth-order valence-electron chi connectivity index (χ4n) is 6.93. The van der Waals surface area contributed by atoms with E-state index in [2.05, 4.69) is 11.2 Å². The number of nitrogens with zero attached hydrogens (tertiary/aromatic N) is 1. The van der Waals surface area contributed by atoms with Crippen molar-refractivity contribution in [3.8, 4) is 5.75 Å². The van der Waals surface area contributed by atoms with E-state index >= 15 is 0 Å². The van der Waals surface area contributed by atoms with Crippen molar-refractivity contribution in [3.63, 3.8) is 0 Å². The Morgan fingerprint density at radius 1 is 1.11 bits per heavy atom. The van der Waals surface area contributed by atoms with E-state index in [1.165, 1.54) is 6.07 Å². The molecule has 7 atom stereocenters. The molecule has 1 unspecified atom stereocenters. The molecule has 238 valence electrons. The number of nitrogens with one attached hydrogen (secondary N) is 1. The summed E-state index contributed by atoms with van der Waals surface area (Å²) in [5.74, 6) is 1.28. The van der Waals surface area contributed by atoms with Gasteiger partial charge < -0.3 is 34.7 Å². The van der Waals surface area contributed by atoms with E-state index in [-0.39, 0.29) is 11.3 Å². The zero-order valence-corrected chi connectivity index (χ0v) is 24.9. The number of aryl methyl sites for hydroxylation is 1. The van der Waals surface area contributed by atoms with Crippen molar-refractivity contribution in [2.24, 2.45) is 10.9 Å². The molecule has 12 nitrogen and oxygen atoms in total. The molecule has 0 spiro atoms. The summed E-state index contributed by atoms with van der Waals surface area (Å²) in [5.41, 5.74) is 2.95. The van der Waals surface area contributed by atoms with Gasteiger partial charge in [0, 0.05) is 30.2 Å². The summed E-state index contributed by atoms with van der Waals surface area (Å²) in [6.07, 6.45) is 3.83. The van der Waals surface area contributed by atoms with Gasteiger partial charge in [0.25, 0.3) is 0 Å². The second-order valence-corrected chi connectivity index (χ2v) is 12.5. The van der Waals surface area contributed by atoms with Gasteiger partial charge in [0.15, 0.2) is 11.2 Å². The molecule has 4 heterocycles. The van der Waals surface area contributed by atoms with Crippen LogP contribution >= 0.6 is 0 Å². The number of fused-ring (bicyclic) bond motifs is 3. The fourth-order valence-corrected chi connectivity index (χ4v) is 6.93. The first-order valence-electron chi connectivity index (χ1n) is 15.3. The first-order valence-corrected chi connectivity index (χ1v) is 15.3. The second kappa shape index (κ2) is 12.5. The molecular formula is C32H41N2O10+. The first kappa shape index (κ1) is 31.1. The molecule has 12 heteroatoms. The molecule has 1 aromatic carbocycles. The summed E-state index contributed by atoms with van der Waals surface area (Å²) in [5, 5.41) is 49.7. The van der Waals surface area contributed by atoms with Crippen molar-refractivity contribution in [3.05, 3.63) is 57.7 Å². The Morgan fingerprint density at radius 2 is 1.86 bits per heavy atom. The van der Waals surface area contributed by atoms with E-state index in [0.717, 1.165) is 59.5 Å². The lowest BCUT2D eigenvalue weighted by atomic mass is 9.72. The molecule has 44 heavy (non-hydrogen) atoms. The van der Waals surface area contributed by atoms with Crippen molar-refractivity contribution in [2.45, 2.75) is 88.5 Å². The Bertz CT molecular complexity index is 1540. The van der Waals surface area contributed by atoms with Crippen LogP contribution in [0, 0.1) is 12.8 Å². The highest BCUT2D eigenvalue weighted by molar-refractivity contribution is 6.07. The van der Waals surface area contributed by atoms with E-state index in [4.69, 9.17) is 24.0 Å². The lowest BCUT2D eigenvalue weighted by Crippen LogP contribution is -3.01. The van der Waals surface area contributed by atoms with Gasteiger partial charge in [0.05, 0.1) is 17.6 Å². The largest absolute Gasteiger partial charge is 0.478 e. The number of rotatable bonds is 10. The van der Waals surface area contributed by atoms with Gasteiger partial charge in [0.1, 0.15) is 66.9 Å². The Balaban J connectivity index is 1.35. The number of allylic oxidation sites excluding steroid dienone is 1. The number of hydrogen-bond donors (Lipinski definition) is 6. The van der Waals surface area contributed by atoms with E-state index in [0.29, 0.717) is 35.4 Å². The highest BCUT2D eigenvalue weighted by Crippen LogP contribution is 2.48. The van der Waals surface area contributed by atoms with Crippen LogP contribution in [0.1, 0.15) is 50.4 Å². The van der Waals surface area contributed by atoms with Crippen molar-refractivity contribution in [1.82, 2.24) is 0 Å².